The Morgan fingerprint density at radius 1 is 1.22 bits per heavy atom. The van der Waals surface area contributed by atoms with Crippen LogP contribution in [0.5, 0.6) is 0 Å². The lowest BCUT2D eigenvalue weighted by molar-refractivity contribution is -0.384. The third kappa shape index (κ3) is 4.12. The Bertz CT molecular complexity index is 983. The van der Waals surface area contributed by atoms with Crippen molar-refractivity contribution in [2.45, 2.75) is 13.3 Å². The van der Waals surface area contributed by atoms with E-state index in [0.717, 1.165) is 17.7 Å². The zero-order valence-corrected chi connectivity index (χ0v) is 15.7. The third-order valence-corrected chi connectivity index (χ3v) is 4.87. The summed E-state index contributed by atoms with van der Waals surface area (Å²) in [6.45, 7) is 2.10. The number of carbonyl (C=O) groups excluding carboxylic acids is 1. The molecule has 1 heterocycles. The van der Waals surface area contributed by atoms with E-state index in [1.807, 2.05) is 17.5 Å². The molecule has 0 saturated carbocycles. The molecular weight excluding hydrogens is 364 g/mol. The maximum absolute atomic E-state index is 12.6. The number of nitro benzene ring substituents is 1. The molecule has 8 heteroatoms. The highest BCUT2D eigenvalue weighted by atomic mass is 32.1. The van der Waals surface area contributed by atoms with Crippen LogP contribution >= 0.6 is 11.3 Å². The standard InChI is InChI=1S/C19H18N4O3S/c1-3-12-4-6-13(7-5-12)17-11-27-19(21-17)22-18(24)15-10-14(23(25)26)8-9-16(15)20-2/h4-11,20H,3H2,1-2H3,(H,21,22,24). The first-order chi connectivity index (χ1) is 13.0. The van der Waals surface area contributed by atoms with Crippen LogP contribution in [0, 0.1) is 10.1 Å². The number of non-ortho nitro benzene ring substituents is 1. The summed E-state index contributed by atoms with van der Waals surface area (Å²) in [7, 11) is 1.65. The summed E-state index contributed by atoms with van der Waals surface area (Å²) in [5, 5.41) is 18.9. The van der Waals surface area contributed by atoms with Crippen molar-refractivity contribution in [1.82, 2.24) is 4.98 Å². The Morgan fingerprint density at radius 3 is 2.59 bits per heavy atom. The van der Waals surface area contributed by atoms with E-state index < -0.39 is 10.8 Å². The van der Waals surface area contributed by atoms with E-state index in [4.69, 9.17) is 0 Å². The van der Waals surface area contributed by atoms with Gasteiger partial charge >= 0.3 is 0 Å². The van der Waals surface area contributed by atoms with Gasteiger partial charge in [-0.3, -0.25) is 20.2 Å². The van der Waals surface area contributed by atoms with Crippen molar-refractivity contribution in [1.29, 1.82) is 0 Å². The van der Waals surface area contributed by atoms with Crippen molar-refractivity contribution >= 4 is 33.8 Å². The smallest absolute Gasteiger partial charge is 0.270 e. The average Bonchev–Trinajstić information content (AvgIpc) is 3.15. The van der Waals surface area contributed by atoms with Gasteiger partial charge in [0, 0.05) is 35.8 Å². The Balaban J connectivity index is 1.81. The molecule has 3 rings (SSSR count). The van der Waals surface area contributed by atoms with E-state index in [0.29, 0.717) is 10.8 Å². The number of aromatic nitrogens is 1. The minimum absolute atomic E-state index is 0.144. The van der Waals surface area contributed by atoms with E-state index in [-0.39, 0.29) is 11.3 Å². The molecule has 2 aromatic carbocycles. The molecular formula is C19H18N4O3S. The lowest BCUT2D eigenvalue weighted by Crippen LogP contribution is -2.14. The number of carbonyl (C=O) groups is 1. The zero-order valence-electron chi connectivity index (χ0n) is 14.9. The molecule has 0 fully saturated rings. The average molecular weight is 382 g/mol. The third-order valence-electron chi connectivity index (χ3n) is 4.11. The van der Waals surface area contributed by atoms with Crippen LogP contribution in [0.1, 0.15) is 22.8 Å². The van der Waals surface area contributed by atoms with Gasteiger partial charge in [0.25, 0.3) is 11.6 Å². The van der Waals surface area contributed by atoms with E-state index >= 15 is 0 Å². The molecule has 3 aromatic rings. The second-order valence-corrected chi connectivity index (χ2v) is 6.64. The minimum atomic E-state index is -0.530. The molecule has 0 atom stereocenters. The second-order valence-electron chi connectivity index (χ2n) is 5.78. The Morgan fingerprint density at radius 2 is 1.96 bits per heavy atom. The molecule has 0 bridgehead atoms. The molecule has 1 amide bonds. The van der Waals surface area contributed by atoms with Crippen LogP contribution in [0.4, 0.5) is 16.5 Å². The largest absolute Gasteiger partial charge is 0.387 e. The number of nitrogens with one attached hydrogen (secondary N) is 2. The number of amides is 1. The lowest BCUT2D eigenvalue weighted by Gasteiger charge is -2.08. The van der Waals surface area contributed by atoms with Crippen LogP contribution < -0.4 is 10.6 Å². The number of aryl methyl sites for hydroxylation is 1. The quantitative estimate of drug-likeness (QED) is 0.481. The Hall–Kier alpha value is -3.26. The summed E-state index contributed by atoms with van der Waals surface area (Å²) in [5.41, 5.74) is 3.53. The number of rotatable bonds is 6. The van der Waals surface area contributed by atoms with Gasteiger partial charge < -0.3 is 5.32 Å². The number of nitrogens with zero attached hydrogens (tertiary/aromatic N) is 2. The highest BCUT2D eigenvalue weighted by Gasteiger charge is 2.17. The fourth-order valence-electron chi connectivity index (χ4n) is 2.59. The van der Waals surface area contributed by atoms with Gasteiger partial charge in [0.05, 0.1) is 16.2 Å². The van der Waals surface area contributed by atoms with Crippen LogP contribution in [0.2, 0.25) is 0 Å². The molecule has 0 saturated heterocycles. The molecule has 0 aliphatic carbocycles. The van der Waals surface area contributed by atoms with Crippen molar-refractivity contribution < 1.29 is 9.72 Å². The van der Waals surface area contributed by atoms with Gasteiger partial charge in [-0.1, -0.05) is 31.2 Å². The predicted molar refractivity (Wildman–Crippen MR) is 108 cm³/mol. The second kappa shape index (κ2) is 7.96. The maximum Gasteiger partial charge on any atom is 0.270 e. The zero-order chi connectivity index (χ0) is 19.4. The van der Waals surface area contributed by atoms with Gasteiger partial charge in [0.2, 0.25) is 0 Å². The maximum atomic E-state index is 12.6. The summed E-state index contributed by atoms with van der Waals surface area (Å²) < 4.78 is 0. The summed E-state index contributed by atoms with van der Waals surface area (Å²) in [6.07, 6.45) is 0.968. The number of hydrogen-bond acceptors (Lipinski definition) is 6. The van der Waals surface area contributed by atoms with Crippen molar-refractivity contribution in [3.05, 3.63) is 69.1 Å². The lowest BCUT2D eigenvalue weighted by atomic mass is 10.1. The van der Waals surface area contributed by atoms with Crippen molar-refractivity contribution in [3.8, 4) is 11.3 Å². The number of thiazole rings is 1. The van der Waals surface area contributed by atoms with E-state index in [1.54, 1.807) is 7.05 Å². The highest BCUT2D eigenvalue weighted by Crippen LogP contribution is 2.27. The number of hydrogen-bond donors (Lipinski definition) is 2. The molecule has 138 valence electrons. The summed E-state index contributed by atoms with van der Waals surface area (Å²) in [4.78, 5) is 27.5. The molecule has 0 aliphatic heterocycles. The van der Waals surface area contributed by atoms with Crippen molar-refractivity contribution in [2.75, 3.05) is 17.7 Å². The van der Waals surface area contributed by atoms with Crippen LogP contribution in [0.15, 0.2) is 47.8 Å². The predicted octanol–water partition coefficient (Wildman–Crippen LogP) is 4.57. The molecule has 0 spiro atoms. The van der Waals surface area contributed by atoms with Gasteiger partial charge in [0.1, 0.15) is 0 Å². The molecule has 1 aromatic heterocycles. The number of anilines is 2. The molecule has 7 nitrogen and oxygen atoms in total. The summed E-state index contributed by atoms with van der Waals surface area (Å²) >= 11 is 1.30. The normalized spacial score (nSPS) is 10.4. The minimum Gasteiger partial charge on any atom is -0.387 e. The molecule has 0 radical (unpaired) electrons. The van der Waals surface area contributed by atoms with Crippen molar-refractivity contribution in [3.63, 3.8) is 0 Å². The van der Waals surface area contributed by atoms with E-state index in [9.17, 15) is 14.9 Å². The molecule has 0 aliphatic rings. The van der Waals surface area contributed by atoms with Gasteiger partial charge in [-0.25, -0.2) is 4.98 Å². The number of benzene rings is 2. The first-order valence-electron chi connectivity index (χ1n) is 8.34. The van der Waals surface area contributed by atoms with Crippen LogP contribution in [-0.4, -0.2) is 22.9 Å². The molecule has 27 heavy (non-hydrogen) atoms. The topological polar surface area (TPSA) is 97.2 Å². The van der Waals surface area contributed by atoms with Crippen molar-refractivity contribution in [2.24, 2.45) is 0 Å². The first kappa shape index (κ1) is 18.5. The summed E-state index contributed by atoms with van der Waals surface area (Å²) in [5.74, 6) is -0.453. The fourth-order valence-corrected chi connectivity index (χ4v) is 3.31. The van der Waals surface area contributed by atoms with Gasteiger partial charge in [-0.2, -0.15) is 0 Å². The Labute approximate surface area is 160 Å². The fraction of sp³-hybridized carbons (Fsp3) is 0.158. The number of nitro groups is 1. The summed E-state index contributed by atoms with van der Waals surface area (Å²) in [6, 6.07) is 12.2. The molecule has 2 N–H and O–H groups in total. The monoisotopic (exact) mass is 382 g/mol. The van der Waals surface area contributed by atoms with Crippen LogP contribution in [0.25, 0.3) is 11.3 Å². The molecule has 0 unspecified atom stereocenters. The van der Waals surface area contributed by atoms with Crippen LogP contribution in [-0.2, 0) is 6.42 Å². The van der Waals surface area contributed by atoms with Gasteiger partial charge in [-0.15, -0.1) is 11.3 Å². The Kier molecular flexibility index (Phi) is 5.46. The van der Waals surface area contributed by atoms with Gasteiger partial charge in [-0.05, 0) is 18.1 Å². The SMILES string of the molecule is CCc1ccc(-c2csc(NC(=O)c3cc([N+](=O)[O-])ccc3NC)n2)cc1. The highest BCUT2D eigenvalue weighted by molar-refractivity contribution is 7.14. The van der Waals surface area contributed by atoms with Gasteiger partial charge in [0.15, 0.2) is 5.13 Å². The van der Waals surface area contributed by atoms with E-state index in [2.05, 4.69) is 34.7 Å². The first-order valence-corrected chi connectivity index (χ1v) is 9.22. The van der Waals surface area contributed by atoms with Crippen LogP contribution in [0.3, 0.4) is 0 Å². The van der Waals surface area contributed by atoms with E-state index in [1.165, 1.54) is 35.1 Å².